The van der Waals surface area contributed by atoms with E-state index >= 15 is 4.39 Å². The van der Waals surface area contributed by atoms with Crippen molar-refractivity contribution in [1.29, 1.82) is 5.26 Å². The minimum atomic E-state index is -0.783. The molecule has 4 rings (SSSR count). The van der Waals surface area contributed by atoms with Crippen molar-refractivity contribution in [2.45, 2.75) is 72.3 Å². The summed E-state index contributed by atoms with van der Waals surface area (Å²) in [6, 6.07) is 20.5. The Morgan fingerprint density at radius 2 is 1.54 bits per heavy atom. The van der Waals surface area contributed by atoms with Crippen LogP contribution in [-0.2, 0) is 29.0 Å². The van der Waals surface area contributed by atoms with Gasteiger partial charge in [-0.05, 0) is 89.4 Å². The number of carbonyl (C=O) groups is 3. The fraction of sp³-hybridized carbons (Fsp3) is 0.316. The maximum Gasteiger partial charge on any atom is 0.407 e. The van der Waals surface area contributed by atoms with Crippen LogP contribution >= 0.6 is 0 Å². The summed E-state index contributed by atoms with van der Waals surface area (Å²) in [6.07, 6.45) is 1.16. The molecule has 0 unspecified atom stereocenters. The third-order valence-corrected chi connectivity index (χ3v) is 7.07. The topological polar surface area (TPSA) is 155 Å². The zero-order valence-corrected chi connectivity index (χ0v) is 29.0. The van der Waals surface area contributed by atoms with E-state index in [2.05, 4.69) is 27.0 Å². The van der Waals surface area contributed by atoms with Crippen LogP contribution < -0.4 is 16.0 Å². The molecule has 0 saturated heterocycles. The molecule has 0 bridgehead atoms. The lowest BCUT2D eigenvalue weighted by molar-refractivity contribution is 0.00640. The highest BCUT2D eigenvalue weighted by Crippen LogP contribution is 2.26. The number of anilines is 1. The van der Waals surface area contributed by atoms with Crippen molar-refractivity contribution in [3.63, 3.8) is 0 Å². The summed E-state index contributed by atoms with van der Waals surface area (Å²) in [5.41, 5.74) is 1.57. The van der Waals surface area contributed by atoms with E-state index in [1.165, 1.54) is 6.07 Å². The summed E-state index contributed by atoms with van der Waals surface area (Å²) in [4.78, 5) is 47.4. The van der Waals surface area contributed by atoms with Gasteiger partial charge in [0.2, 0.25) is 0 Å². The zero-order chi connectivity index (χ0) is 36.5. The number of carbonyl (C=O) groups excluding carboxylic acids is 3. The van der Waals surface area contributed by atoms with Gasteiger partial charge in [0, 0.05) is 24.8 Å². The molecule has 0 aliphatic heterocycles. The minimum Gasteiger partial charge on any atom is -0.456 e. The third-order valence-electron chi connectivity index (χ3n) is 7.07. The molecule has 0 spiro atoms. The van der Waals surface area contributed by atoms with Gasteiger partial charge in [-0.1, -0.05) is 36.4 Å². The molecule has 260 valence electrons. The van der Waals surface area contributed by atoms with Gasteiger partial charge in [-0.15, -0.1) is 0 Å². The Hall–Kier alpha value is -5.83. The Kier molecular flexibility index (Phi) is 11.9. The number of rotatable bonds is 11. The lowest BCUT2D eigenvalue weighted by atomic mass is 10.0. The molecule has 2 aromatic heterocycles. The summed E-state index contributed by atoms with van der Waals surface area (Å²) < 4.78 is 26.0. The largest absolute Gasteiger partial charge is 0.456 e. The van der Waals surface area contributed by atoms with Crippen molar-refractivity contribution < 1.29 is 28.2 Å². The monoisotopic (exact) mass is 680 g/mol. The molecule has 0 fully saturated rings. The van der Waals surface area contributed by atoms with Crippen LogP contribution in [0.15, 0.2) is 72.9 Å². The van der Waals surface area contributed by atoms with Crippen molar-refractivity contribution in [2.75, 3.05) is 11.9 Å². The fourth-order valence-electron chi connectivity index (χ4n) is 4.84. The molecule has 0 atom stereocenters. The van der Waals surface area contributed by atoms with E-state index in [0.717, 1.165) is 0 Å². The molecular weight excluding hydrogens is 639 g/mol. The predicted octanol–water partition coefficient (Wildman–Crippen LogP) is 6.72. The van der Waals surface area contributed by atoms with Gasteiger partial charge < -0.3 is 25.4 Å². The van der Waals surface area contributed by atoms with Gasteiger partial charge in [-0.3, -0.25) is 9.78 Å². The van der Waals surface area contributed by atoms with Gasteiger partial charge in [0.1, 0.15) is 22.8 Å². The standard InChI is InChI=1S/C38H41FN6O5/c1-37(2,3)49-35(47)28-15-9-12-24(32(28)39)18-20-42-33-29(16-17-30(45-33)27-14-8-7-11-25(27)21-40)34(46)43-22-26-13-10-19-41-31(26)23-44-36(48)50-38(4,5)6/h7-17,19H,18,20,22-23H2,1-6H3,(H,42,45)(H,43,46)(H,44,48). The second kappa shape index (κ2) is 16.0. The summed E-state index contributed by atoms with van der Waals surface area (Å²) in [5.74, 6) is -1.67. The first kappa shape index (κ1) is 37.0. The quantitative estimate of drug-likeness (QED) is 0.146. The van der Waals surface area contributed by atoms with Gasteiger partial charge in [0.25, 0.3) is 5.91 Å². The van der Waals surface area contributed by atoms with Crippen LogP contribution in [0.1, 0.15) is 84.6 Å². The molecule has 11 nitrogen and oxygen atoms in total. The van der Waals surface area contributed by atoms with Crippen LogP contribution in [0.2, 0.25) is 0 Å². The van der Waals surface area contributed by atoms with Crippen molar-refractivity contribution in [3.05, 3.63) is 112 Å². The lowest BCUT2D eigenvalue weighted by Crippen LogP contribution is -2.33. The van der Waals surface area contributed by atoms with Crippen LogP contribution in [0.25, 0.3) is 11.3 Å². The first-order chi connectivity index (χ1) is 23.6. The maximum absolute atomic E-state index is 15.4. The van der Waals surface area contributed by atoms with E-state index in [1.807, 2.05) is 0 Å². The fourth-order valence-corrected chi connectivity index (χ4v) is 4.84. The van der Waals surface area contributed by atoms with Crippen molar-refractivity contribution in [3.8, 4) is 17.3 Å². The number of amides is 2. The zero-order valence-electron chi connectivity index (χ0n) is 29.0. The summed E-state index contributed by atoms with van der Waals surface area (Å²) in [7, 11) is 0. The van der Waals surface area contributed by atoms with Crippen LogP contribution in [0, 0.1) is 17.1 Å². The van der Waals surface area contributed by atoms with Crippen LogP contribution in [0.3, 0.4) is 0 Å². The number of nitriles is 1. The van der Waals surface area contributed by atoms with Crippen LogP contribution in [-0.4, -0.2) is 45.7 Å². The number of hydrogen-bond donors (Lipinski definition) is 3. The number of hydrogen-bond acceptors (Lipinski definition) is 9. The van der Waals surface area contributed by atoms with E-state index < -0.39 is 35.0 Å². The van der Waals surface area contributed by atoms with Crippen molar-refractivity contribution in [1.82, 2.24) is 20.6 Å². The van der Waals surface area contributed by atoms with Crippen molar-refractivity contribution in [2.24, 2.45) is 0 Å². The van der Waals surface area contributed by atoms with Gasteiger partial charge in [-0.25, -0.2) is 19.0 Å². The van der Waals surface area contributed by atoms with E-state index in [9.17, 15) is 19.6 Å². The van der Waals surface area contributed by atoms with E-state index in [0.29, 0.717) is 28.1 Å². The highest BCUT2D eigenvalue weighted by molar-refractivity contribution is 5.99. The van der Waals surface area contributed by atoms with Crippen LogP contribution in [0.4, 0.5) is 15.0 Å². The Morgan fingerprint density at radius 3 is 2.26 bits per heavy atom. The van der Waals surface area contributed by atoms with Gasteiger partial charge in [-0.2, -0.15) is 5.26 Å². The number of halogens is 1. The summed E-state index contributed by atoms with van der Waals surface area (Å²) in [6.45, 7) is 10.8. The number of nitrogens with one attached hydrogen (secondary N) is 3. The van der Waals surface area contributed by atoms with Gasteiger partial charge >= 0.3 is 12.1 Å². The van der Waals surface area contributed by atoms with E-state index in [-0.39, 0.29) is 48.6 Å². The number of alkyl carbamates (subject to hydrolysis) is 1. The first-order valence-corrected chi connectivity index (χ1v) is 16.1. The highest BCUT2D eigenvalue weighted by atomic mass is 19.1. The van der Waals surface area contributed by atoms with Gasteiger partial charge in [0.15, 0.2) is 0 Å². The first-order valence-electron chi connectivity index (χ1n) is 16.1. The second-order valence-corrected chi connectivity index (χ2v) is 13.4. The van der Waals surface area contributed by atoms with Crippen LogP contribution in [0.5, 0.6) is 0 Å². The average Bonchev–Trinajstić information content (AvgIpc) is 3.05. The predicted molar refractivity (Wildman–Crippen MR) is 187 cm³/mol. The van der Waals surface area contributed by atoms with E-state index in [4.69, 9.17) is 14.5 Å². The number of pyridine rings is 2. The smallest absolute Gasteiger partial charge is 0.407 e. The Bertz CT molecular complexity index is 1910. The molecule has 2 amide bonds. The molecule has 0 saturated carbocycles. The molecule has 3 N–H and O–H groups in total. The number of esters is 1. The normalized spacial score (nSPS) is 11.2. The Labute approximate surface area is 291 Å². The molecule has 0 radical (unpaired) electrons. The molecule has 0 aliphatic rings. The third kappa shape index (κ3) is 10.3. The lowest BCUT2D eigenvalue weighted by Gasteiger charge is -2.20. The highest BCUT2D eigenvalue weighted by Gasteiger charge is 2.23. The molecule has 50 heavy (non-hydrogen) atoms. The Balaban J connectivity index is 1.54. The number of ether oxygens (including phenoxy) is 2. The SMILES string of the molecule is CC(C)(C)OC(=O)NCc1ncccc1CNC(=O)c1ccc(-c2ccccc2C#N)nc1NCCc1cccc(C(=O)OC(C)(C)C)c1F. The number of aromatic nitrogens is 2. The maximum atomic E-state index is 15.4. The average molecular weight is 681 g/mol. The molecule has 12 heteroatoms. The molecular formula is C38H41FN6O5. The van der Waals surface area contributed by atoms with Crippen molar-refractivity contribution >= 4 is 23.8 Å². The summed E-state index contributed by atoms with van der Waals surface area (Å²) in [5, 5.41) is 18.4. The van der Waals surface area contributed by atoms with Gasteiger partial charge in [0.05, 0.1) is 40.7 Å². The second-order valence-electron chi connectivity index (χ2n) is 13.4. The molecule has 0 aliphatic carbocycles. The van der Waals surface area contributed by atoms with E-state index in [1.54, 1.807) is 108 Å². The molecule has 2 heterocycles. The summed E-state index contributed by atoms with van der Waals surface area (Å²) >= 11 is 0. The molecule has 2 aromatic carbocycles. The minimum absolute atomic E-state index is 0.0913. The number of nitrogens with zero attached hydrogens (tertiary/aromatic N) is 3. The Morgan fingerprint density at radius 1 is 0.820 bits per heavy atom. The number of benzene rings is 2. The molecule has 4 aromatic rings.